The lowest BCUT2D eigenvalue weighted by molar-refractivity contribution is -0.168. The summed E-state index contributed by atoms with van der Waals surface area (Å²) in [5.74, 6) is 2.95. The van der Waals surface area contributed by atoms with Crippen LogP contribution in [-0.2, 0) is 9.53 Å². The molecule has 0 aromatic carbocycles. The molecule has 2 fully saturated rings. The molecule has 5 aliphatic carbocycles. The standard InChI is InChI=1S/C21H30O2/c1-20(2,3)21(12-15-6-9-18(21)11-15)19(22)23-13-17-10-14-4-7-16(17)8-5-14/h4,6-7,9,14-18H,5,8,10-13H2,1-3H3. The van der Waals surface area contributed by atoms with E-state index in [2.05, 4.69) is 45.1 Å². The number of carbonyl (C=O) groups is 1. The summed E-state index contributed by atoms with van der Waals surface area (Å²) in [7, 11) is 0. The third-order valence-electron chi connectivity index (χ3n) is 7.23. The largest absolute Gasteiger partial charge is 0.465 e. The van der Waals surface area contributed by atoms with Gasteiger partial charge in [-0.25, -0.2) is 0 Å². The predicted molar refractivity (Wildman–Crippen MR) is 91.7 cm³/mol. The first-order chi connectivity index (χ1) is 10.9. The third kappa shape index (κ3) is 2.32. The summed E-state index contributed by atoms with van der Waals surface area (Å²) in [6, 6.07) is 0. The number of allylic oxidation sites excluding steroid dienone is 4. The van der Waals surface area contributed by atoms with E-state index in [1.807, 2.05) is 0 Å². The van der Waals surface area contributed by atoms with Crippen molar-refractivity contribution in [3.63, 3.8) is 0 Å². The van der Waals surface area contributed by atoms with Crippen LogP contribution in [0.15, 0.2) is 24.3 Å². The first-order valence-corrected chi connectivity index (χ1v) is 9.44. The Balaban J connectivity index is 1.47. The van der Waals surface area contributed by atoms with Crippen LogP contribution in [0.25, 0.3) is 0 Å². The number of esters is 1. The van der Waals surface area contributed by atoms with E-state index >= 15 is 0 Å². The van der Waals surface area contributed by atoms with Crippen LogP contribution >= 0.6 is 0 Å². The Kier molecular flexibility index (Phi) is 3.52. The maximum Gasteiger partial charge on any atom is 0.313 e. The highest BCUT2D eigenvalue weighted by atomic mass is 16.5. The molecule has 6 atom stereocenters. The summed E-state index contributed by atoms with van der Waals surface area (Å²) in [6.45, 7) is 7.28. The normalized spacial score (nSPS) is 44.0. The van der Waals surface area contributed by atoms with Crippen LogP contribution in [0.2, 0.25) is 0 Å². The first kappa shape index (κ1) is 15.5. The molecular weight excluding hydrogens is 284 g/mol. The van der Waals surface area contributed by atoms with Crippen molar-refractivity contribution in [3.05, 3.63) is 24.3 Å². The van der Waals surface area contributed by atoms with Gasteiger partial charge in [0.15, 0.2) is 0 Å². The van der Waals surface area contributed by atoms with Gasteiger partial charge in [-0.05, 0) is 67.1 Å². The van der Waals surface area contributed by atoms with Gasteiger partial charge in [0.1, 0.15) is 0 Å². The summed E-state index contributed by atoms with van der Waals surface area (Å²) in [5.41, 5.74) is -0.352. The Morgan fingerprint density at radius 1 is 1.09 bits per heavy atom. The van der Waals surface area contributed by atoms with E-state index in [4.69, 9.17) is 4.74 Å². The molecule has 2 heteroatoms. The SMILES string of the molecule is CC(C)(C)C1(C(=O)OCC2CC3C=CC2CC3)CC2C=CC1C2. The van der Waals surface area contributed by atoms with E-state index in [1.54, 1.807) is 0 Å². The van der Waals surface area contributed by atoms with Crippen molar-refractivity contribution in [2.24, 2.45) is 40.4 Å². The fourth-order valence-corrected chi connectivity index (χ4v) is 5.81. The van der Waals surface area contributed by atoms with Crippen molar-refractivity contribution in [2.75, 3.05) is 6.61 Å². The van der Waals surface area contributed by atoms with Crippen LogP contribution in [0.3, 0.4) is 0 Å². The lowest BCUT2D eigenvalue weighted by Gasteiger charge is -2.45. The Bertz CT molecular complexity index is 553. The van der Waals surface area contributed by atoms with Gasteiger partial charge >= 0.3 is 5.97 Å². The van der Waals surface area contributed by atoms with Crippen LogP contribution in [-0.4, -0.2) is 12.6 Å². The molecular formula is C21H30O2. The zero-order chi connectivity index (χ0) is 16.2. The van der Waals surface area contributed by atoms with Crippen LogP contribution in [0.5, 0.6) is 0 Å². The minimum Gasteiger partial charge on any atom is -0.465 e. The molecule has 0 aromatic rings. The lowest BCUT2D eigenvalue weighted by Crippen LogP contribution is -2.48. The fraction of sp³-hybridized carbons (Fsp3) is 0.762. The maximum absolute atomic E-state index is 13.2. The van der Waals surface area contributed by atoms with Gasteiger partial charge in [-0.15, -0.1) is 0 Å². The van der Waals surface area contributed by atoms with Crippen molar-refractivity contribution >= 4 is 5.97 Å². The minimum atomic E-state index is -0.310. The summed E-state index contributed by atoms with van der Waals surface area (Å²) < 4.78 is 5.99. The topological polar surface area (TPSA) is 26.3 Å². The van der Waals surface area contributed by atoms with Gasteiger partial charge in [-0.3, -0.25) is 4.79 Å². The van der Waals surface area contributed by atoms with Crippen LogP contribution in [0, 0.1) is 40.4 Å². The fourth-order valence-electron chi connectivity index (χ4n) is 5.81. The minimum absolute atomic E-state index is 0.0419. The molecule has 4 bridgehead atoms. The second kappa shape index (κ2) is 5.22. The first-order valence-electron chi connectivity index (χ1n) is 9.44. The van der Waals surface area contributed by atoms with E-state index in [0.29, 0.717) is 30.3 Å². The van der Waals surface area contributed by atoms with Crippen molar-refractivity contribution in [1.29, 1.82) is 0 Å². The van der Waals surface area contributed by atoms with E-state index in [1.165, 1.54) is 19.3 Å². The molecule has 5 aliphatic rings. The highest BCUT2D eigenvalue weighted by Gasteiger charge is 2.60. The monoisotopic (exact) mass is 314 g/mol. The number of carbonyl (C=O) groups excluding carboxylic acids is 1. The quantitative estimate of drug-likeness (QED) is 0.554. The Hall–Kier alpha value is -1.05. The molecule has 0 spiro atoms. The molecule has 126 valence electrons. The molecule has 0 amide bonds. The Labute approximate surface area is 140 Å². The predicted octanol–water partition coefficient (Wildman–Crippen LogP) is 4.76. The third-order valence-corrected chi connectivity index (χ3v) is 7.23. The maximum atomic E-state index is 13.2. The summed E-state index contributed by atoms with van der Waals surface area (Å²) in [5, 5.41) is 0. The van der Waals surface area contributed by atoms with Gasteiger partial charge in [0.25, 0.3) is 0 Å². The summed E-state index contributed by atoms with van der Waals surface area (Å²) in [4.78, 5) is 13.2. The van der Waals surface area contributed by atoms with E-state index < -0.39 is 0 Å². The zero-order valence-corrected chi connectivity index (χ0v) is 14.8. The number of hydrogen-bond donors (Lipinski definition) is 0. The molecule has 0 N–H and O–H groups in total. The summed E-state index contributed by atoms with van der Waals surface area (Å²) >= 11 is 0. The molecule has 6 unspecified atom stereocenters. The second-order valence-electron chi connectivity index (χ2n) is 9.39. The van der Waals surface area contributed by atoms with Gasteiger partial charge < -0.3 is 4.74 Å². The molecule has 0 aliphatic heterocycles. The molecule has 0 saturated heterocycles. The van der Waals surface area contributed by atoms with Crippen LogP contribution in [0.1, 0.15) is 52.9 Å². The average Bonchev–Trinajstić information content (AvgIpc) is 3.14. The smallest absolute Gasteiger partial charge is 0.313 e. The second-order valence-corrected chi connectivity index (χ2v) is 9.39. The van der Waals surface area contributed by atoms with E-state index in [9.17, 15) is 4.79 Å². The molecule has 2 saturated carbocycles. The van der Waals surface area contributed by atoms with Gasteiger partial charge in [0.2, 0.25) is 0 Å². The van der Waals surface area contributed by atoms with Gasteiger partial charge in [0.05, 0.1) is 12.0 Å². The van der Waals surface area contributed by atoms with Crippen molar-refractivity contribution in [3.8, 4) is 0 Å². The van der Waals surface area contributed by atoms with Crippen LogP contribution in [0.4, 0.5) is 0 Å². The van der Waals surface area contributed by atoms with E-state index in [-0.39, 0.29) is 16.8 Å². The zero-order valence-electron chi connectivity index (χ0n) is 14.8. The molecule has 0 aromatic heterocycles. The Morgan fingerprint density at radius 2 is 1.87 bits per heavy atom. The van der Waals surface area contributed by atoms with Crippen molar-refractivity contribution in [1.82, 2.24) is 0 Å². The highest BCUT2D eigenvalue weighted by Crippen LogP contribution is 2.61. The Morgan fingerprint density at radius 3 is 2.35 bits per heavy atom. The highest BCUT2D eigenvalue weighted by molar-refractivity contribution is 5.79. The van der Waals surface area contributed by atoms with Crippen molar-refractivity contribution < 1.29 is 9.53 Å². The molecule has 23 heavy (non-hydrogen) atoms. The number of ether oxygens (including phenoxy) is 1. The molecule has 2 nitrogen and oxygen atoms in total. The number of fused-ring (bicyclic) bond motifs is 4. The van der Waals surface area contributed by atoms with Gasteiger partial charge in [-0.1, -0.05) is 45.1 Å². The summed E-state index contributed by atoms with van der Waals surface area (Å²) in [6.07, 6.45) is 15.3. The lowest BCUT2D eigenvalue weighted by atomic mass is 9.59. The average molecular weight is 314 g/mol. The van der Waals surface area contributed by atoms with Gasteiger partial charge in [0, 0.05) is 0 Å². The van der Waals surface area contributed by atoms with Crippen LogP contribution < -0.4 is 0 Å². The number of rotatable bonds is 3. The number of hydrogen-bond acceptors (Lipinski definition) is 2. The molecule has 0 heterocycles. The van der Waals surface area contributed by atoms with E-state index in [0.717, 1.165) is 18.8 Å². The molecule has 0 radical (unpaired) electrons. The van der Waals surface area contributed by atoms with Crippen molar-refractivity contribution in [2.45, 2.75) is 52.9 Å². The van der Waals surface area contributed by atoms with Gasteiger partial charge in [-0.2, -0.15) is 0 Å². The molecule has 5 rings (SSSR count).